The lowest BCUT2D eigenvalue weighted by Crippen LogP contribution is -2.03. The molecule has 1 aliphatic heterocycles. The second-order valence-electron chi connectivity index (χ2n) is 2.52. The summed E-state index contributed by atoms with van der Waals surface area (Å²) in [7, 11) is 0. The molecular formula is C7H9NO2. The lowest BCUT2D eigenvalue weighted by Gasteiger charge is -2.01. The zero-order chi connectivity index (χ0) is 7.72. The maximum Gasteiger partial charge on any atom is 0.277 e. The van der Waals surface area contributed by atoms with E-state index < -0.39 is 0 Å². The quantitative estimate of drug-likeness (QED) is 0.590. The molecule has 0 spiro atoms. The zero-order valence-electron chi connectivity index (χ0n) is 5.96. The standard InChI is InChI=1S/C7H9NO2/c1-4(2)6-5(9)3-8-7(6)10/h3-4,9H,1-2H3. The molecule has 0 radical (unpaired) electrons. The third kappa shape index (κ3) is 0.943. The van der Waals surface area contributed by atoms with Crippen molar-refractivity contribution < 1.29 is 9.90 Å². The van der Waals surface area contributed by atoms with Crippen molar-refractivity contribution in [1.82, 2.24) is 0 Å². The summed E-state index contributed by atoms with van der Waals surface area (Å²) in [5, 5.41) is 9.04. The van der Waals surface area contributed by atoms with Gasteiger partial charge in [0.05, 0.1) is 11.8 Å². The lowest BCUT2D eigenvalue weighted by molar-refractivity contribution is -0.114. The van der Waals surface area contributed by atoms with Crippen molar-refractivity contribution in [2.45, 2.75) is 13.8 Å². The fraction of sp³-hybridized carbons (Fsp3) is 0.429. The minimum Gasteiger partial charge on any atom is -0.506 e. The first-order valence-corrected chi connectivity index (χ1v) is 3.14. The minimum atomic E-state index is -0.312. The minimum absolute atomic E-state index is 0.0139. The molecule has 1 rings (SSSR count). The first kappa shape index (κ1) is 6.99. The van der Waals surface area contributed by atoms with E-state index in [9.17, 15) is 4.79 Å². The van der Waals surface area contributed by atoms with E-state index in [2.05, 4.69) is 4.99 Å². The van der Waals surface area contributed by atoms with Crippen molar-refractivity contribution >= 4 is 12.1 Å². The molecule has 0 saturated carbocycles. The highest BCUT2D eigenvalue weighted by Crippen LogP contribution is 2.17. The van der Waals surface area contributed by atoms with Gasteiger partial charge in [-0.05, 0) is 5.92 Å². The van der Waals surface area contributed by atoms with Gasteiger partial charge < -0.3 is 5.11 Å². The van der Waals surface area contributed by atoms with Crippen LogP contribution in [-0.2, 0) is 4.79 Å². The van der Waals surface area contributed by atoms with Crippen molar-refractivity contribution in [3.8, 4) is 0 Å². The van der Waals surface area contributed by atoms with E-state index in [1.54, 1.807) is 0 Å². The molecule has 1 heterocycles. The third-order valence-corrected chi connectivity index (χ3v) is 1.39. The Morgan fingerprint density at radius 2 is 2.20 bits per heavy atom. The van der Waals surface area contributed by atoms with Gasteiger partial charge in [0.25, 0.3) is 5.91 Å². The number of aliphatic hydroxyl groups is 1. The molecule has 0 fully saturated rings. The first-order valence-electron chi connectivity index (χ1n) is 3.14. The summed E-state index contributed by atoms with van der Waals surface area (Å²) >= 11 is 0. The fourth-order valence-electron chi connectivity index (χ4n) is 0.911. The monoisotopic (exact) mass is 139 g/mol. The molecule has 54 valence electrons. The molecule has 0 aromatic rings. The number of nitrogens with zero attached hydrogens (tertiary/aromatic N) is 1. The largest absolute Gasteiger partial charge is 0.506 e. The van der Waals surface area contributed by atoms with Crippen LogP contribution in [0.3, 0.4) is 0 Å². The van der Waals surface area contributed by atoms with Gasteiger partial charge in [0, 0.05) is 0 Å². The number of rotatable bonds is 1. The number of amides is 1. The Kier molecular flexibility index (Phi) is 1.57. The van der Waals surface area contributed by atoms with Crippen molar-refractivity contribution in [2.75, 3.05) is 0 Å². The van der Waals surface area contributed by atoms with E-state index in [0.717, 1.165) is 0 Å². The van der Waals surface area contributed by atoms with Gasteiger partial charge in [-0.3, -0.25) is 4.79 Å². The smallest absolute Gasteiger partial charge is 0.277 e. The number of aliphatic hydroxyl groups excluding tert-OH is 1. The molecule has 1 N–H and O–H groups in total. The molecule has 10 heavy (non-hydrogen) atoms. The van der Waals surface area contributed by atoms with E-state index in [0.29, 0.717) is 5.57 Å². The maximum absolute atomic E-state index is 10.8. The molecule has 0 atom stereocenters. The summed E-state index contributed by atoms with van der Waals surface area (Å²) in [5.41, 5.74) is 0.417. The topological polar surface area (TPSA) is 49.7 Å². The Hall–Kier alpha value is -1.12. The maximum atomic E-state index is 10.8. The van der Waals surface area contributed by atoms with Crippen LogP contribution in [-0.4, -0.2) is 17.2 Å². The molecule has 1 aliphatic rings. The number of hydrogen-bond acceptors (Lipinski definition) is 2. The van der Waals surface area contributed by atoms with E-state index in [1.807, 2.05) is 13.8 Å². The molecule has 3 heteroatoms. The Morgan fingerprint density at radius 1 is 1.60 bits per heavy atom. The van der Waals surface area contributed by atoms with Crippen LogP contribution in [0.2, 0.25) is 0 Å². The fourth-order valence-corrected chi connectivity index (χ4v) is 0.911. The number of allylic oxidation sites excluding steroid dienone is 1. The predicted octanol–water partition coefficient (Wildman–Crippen LogP) is 1.07. The van der Waals surface area contributed by atoms with E-state index in [1.165, 1.54) is 6.21 Å². The van der Waals surface area contributed by atoms with Gasteiger partial charge in [-0.25, -0.2) is 4.99 Å². The van der Waals surface area contributed by atoms with Crippen molar-refractivity contribution in [3.05, 3.63) is 11.3 Å². The van der Waals surface area contributed by atoms with Gasteiger partial charge in [-0.2, -0.15) is 0 Å². The highest BCUT2D eigenvalue weighted by Gasteiger charge is 2.21. The van der Waals surface area contributed by atoms with Gasteiger partial charge >= 0.3 is 0 Å². The Balaban J connectivity index is 2.96. The molecule has 3 nitrogen and oxygen atoms in total. The molecule has 0 saturated heterocycles. The Labute approximate surface area is 59.1 Å². The van der Waals surface area contributed by atoms with Crippen LogP contribution in [0.1, 0.15) is 13.8 Å². The highest BCUT2D eigenvalue weighted by molar-refractivity contribution is 6.09. The van der Waals surface area contributed by atoms with Crippen LogP contribution in [0.4, 0.5) is 0 Å². The highest BCUT2D eigenvalue weighted by atomic mass is 16.3. The normalized spacial score (nSPS) is 17.7. The van der Waals surface area contributed by atoms with Crippen LogP contribution in [0.15, 0.2) is 16.3 Å². The second-order valence-corrected chi connectivity index (χ2v) is 2.52. The van der Waals surface area contributed by atoms with Crippen LogP contribution in [0.25, 0.3) is 0 Å². The zero-order valence-corrected chi connectivity index (χ0v) is 5.96. The van der Waals surface area contributed by atoms with Gasteiger partial charge in [0.2, 0.25) is 0 Å². The number of carbonyl (C=O) groups excluding carboxylic acids is 1. The molecule has 0 aromatic heterocycles. The average molecular weight is 139 g/mol. The number of hydrogen-bond donors (Lipinski definition) is 1. The van der Waals surface area contributed by atoms with Crippen molar-refractivity contribution in [1.29, 1.82) is 0 Å². The number of aliphatic imine (C=N–C) groups is 1. The SMILES string of the molecule is CC(C)C1=C(O)C=NC1=O. The first-order chi connectivity index (χ1) is 4.63. The summed E-state index contributed by atoms with van der Waals surface area (Å²) in [6.45, 7) is 3.69. The summed E-state index contributed by atoms with van der Waals surface area (Å²) < 4.78 is 0. The molecule has 0 bridgehead atoms. The molecule has 0 aliphatic carbocycles. The van der Waals surface area contributed by atoms with E-state index in [-0.39, 0.29) is 17.6 Å². The predicted molar refractivity (Wildman–Crippen MR) is 38.0 cm³/mol. The molecule has 0 unspecified atom stereocenters. The second kappa shape index (κ2) is 2.25. The Morgan fingerprint density at radius 3 is 2.40 bits per heavy atom. The van der Waals surface area contributed by atoms with Crippen LogP contribution in [0, 0.1) is 5.92 Å². The lowest BCUT2D eigenvalue weighted by atomic mass is 10.0. The van der Waals surface area contributed by atoms with Crippen LogP contribution >= 0.6 is 0 Å². The van der Waals surface area contributed by atoms with Gasteiger partial charge in [0.1, 0.15) is 5.76 Å². The van der Waals surface area contributed by atoms with Crippen LogP contribution in [0.5, 0.6) is 0 Å². The van der Waals surface area contributed by atoms with Gasteiger partial charge in [0.15, 0.2) is 0 Å². The number of carbonyl (C=O) groups is 1. The summed E-state index contributed by atoms with van der Waals surface area (Å²) in [6.07, 6.45) is 1.19. The third-order valence-electron chi connectivity index (χ3n) is 1.39. The Bertz CT molecular complexity index is 226. The van der Waals surface area contributed by atoms with Crippen LogP contribution < -0.4 is 0 Å². The molecular weight excluding hydrogens is 130 g/mol. The van der Waals surface area contributed by atoms with Gasteiger partial charge in [-0.15, -0.1) is 0 Å². The van der Waals surface area contributed by atoms with Gasteiger partial charge in [-0.1, -0.05) is 13.8 Å². The molecule has 0 aromatic carbocycles. The van der Waals surface area contributed by atoms with Crippen molar-refractivity contribution in [2.24, 2.45) is 10.9 Å². The summed E-state index contributed by atoms with van der Waals surface area (Å²) in [6, 6.07) is 0. The van der Waals surface area contributed by atoms with E-state index >= 15 is 0 Å². The van der Waals surface area contributed by atoms with Crippen molar-refractivity contribution in [3.63, 3.8) is 0 Å². The summed E-state index contributed by atoms with van der Waals surface area (Å²) in [4.78, 5) is 14.2. The average Bonchev–Trinajstić information content (AvgIpc) is 2.11. The summed E-state index contributed by atoms with van der Waals surface area (Å²) in [5.74, 6) is -0.248. The van der Waals surface area contributed by atoms with E-state index in [4.69, 9.17) is 5.11 Å². The molecule has 1 amide bonds.